The van der Waals surface area contributed by atoms with Crippen molar-refractivity contribution in [2.45, 2.75) is 0 Å². The molecule has 0 fully saturated rings. The lowest BCUT2D eigenvalue weighted by atomic mass is 10.3. The van der Waals surface area contributed by atoms with Crippen molar-refractivity contribution in [1.82, 2.24) is 14.4 Å². The summed E-state index contributed by atoms with van der Waals surface area (Å²) in [6, 6.07) is 10.2. The minimum Gasteiger partial charge on any atom is -0.275 e. The molecule has 3 aromatic heterocycles. The molecular formula is C12H7N3S. The lowest BCUT2D eigenvalue weighted by Gasteiger charge is -1.96. The van der Waals surface area contributed by atoms with Crippen LogP contribution in [-0.2, 0) is 0 Å². The molecule has 0 N–H and O–H groups in total. The van der Waals surface area contributed by atoms with Gasteiger partial charge in [0.25, 0.3) is 0 Å². The van der Waals surface area contributed by atoms with Gasteiger partial charge in [0, 0.05) is 0 Å². The van der Waals surface area contributed by atoms with E-state index in [-0.39, 0.29) is 0 Å². The van der Waals surface area contributed by atoms with Gasteiger partial charge in [0.2, 0.25) is 5.78 Å². The highest BCUT2D eigenvalue weighted by atomic mass is 32.1. The van der Waals surface area contributed by atoms with Gasteiger partial charge in [-0.3, -0.25) is 4.40 Å². The highest BCUT2D eigenvalue weighted by Crippen LogP contribution is 2.24. The van der Waals surface area contributed by atoms with Gasteiger partial charge in [-0.1, -0.05) is 12.1 Å². The van der Waals surface area contributed by atoms with Crippen molar-refractivity contribution in [1.29, 1.82) is 0 Å². The van der Waals surface area contributed by atoms with Crippen molar-refractivity contribution in [3.63, 3.8) is 0 Å². The fourth-order valence-electron chi connectivity index (χ4n) is 2.05. The highest BCUT2D eigenvalue weighted by molar-refractivity contribution is 7.17. The van der Waals surface area contributed by atoms with E-state index in [0.29, 0.717) is 0 Å². The fraction of sp³-hybridized carbons (Fsp3) is 0. The summed E-state index contributed by atoms with van der Waals surface area (Å²) in [5, 5.41) is 2.08. The van der Waals surface area contributed by atoms with Gasteiger partial charge >= 0.3 is 0 Å². The smallest absolute Gasteiger partial charge is 0.235 e. The third-order valence-corrected chi connectivity index (χ3v) is 3.60. The number of rotatable bonds is 0. The summed E-state index contributed by atoms with van der Waals surface area (Å²) in [5.41, 5.74) is 3.30. The molecule has 1 aromatic carbocycles. The number of fused-ring (bicyclic) bond motifs is 5. The molecule has 0 aliphatic rings. The Morgan fingerprint density at radius 2 is 2.00 bits per heavy atom. The second-order valence-electron chi connectivity index (χ2n) is 3.66. The lowest BCUT2D eigenvalue weighted by Crippen LogP contribution is -1.87. The first-order valence-corrected chi connectivity index (χ1v) is 5.91. The van der Waals surface area contributed by atoms with Crippen LogP contribution in [0.5, 0.6) is 0 Å². The Morgan fingerprint density at radius 3 is 3.00 bits per heavy atom. The van der Waals surface area contributed by atoms with Crippen LogP contribution in [0.4, 0.5) is 0 Å². The third-order valence-electron chi connectivity index (χ3n) is 2.75. The van der Waals surface area contributed by atoms with Gasteiger partial charge in [-0.25, -0.2) is 9.97 Å². The van der Waals surface area contributed by atoms with Crippen LogP contribution >= 0.6 is 11.3 Å². The van der Waals surface area contributed by atoms with Crippen molar-refractivity contribution in [2.75, 3.05) is 0 Å². The van der Waals surface area contributed by atoms with E-state index >= 15 is 0 Å². The van der Waals surface area contributed by atoms with Gasteiger partial charge < -0.3 is 0 Å². The number of para-hydroxylation sites is 2. The summed E-state index contributed by atoms with van der Waals surface area (Å²) in [4.78, 5) is 8.88. The van der Waals surface area contributed by atoms with E-state index in [4.69, 9.17) is 0 Å². The van der Waals surface area contributed by atoms with Gasteiger partial charge in [-0.15, -0.1) is 11.3 Å². The molecule has 0 unspecified atom stereocenters. The summed E-state index contributed by atoms with van der Waals surface area (Å²) >= 11 is 1.70. The van der Waals surface area contributed by atoms with Crippen molar-refractivity contribution in [3.8, 4) is 0 Å². The van der Waals surface area contributed by atoms with Crippen molar-refractivity contribution in [3.05, 3.63) is 41.9 Å². The van der Waals surface area contributed by atoms with Crippen LogP contribution < -0.4 is 0 Å². The van der Waals surface area contributed by atoms with Crippen LogP contribution in [0, 0.1) is 0 Å². The summed E-state index contributed by atoms with van der Waals surface area (Å²) < 4.78 is 3.30. The average molecular weight is 225 g/mol. The first-order valence-electron chi connectivity index (χ1n) is 5.03. The van der Waals surface area contributed by atoms with Gasteiger partial charge in [-0.05, 0) is 23.6 Å². The quantitative estimate of drug-likeness (QED) is 0.460. The maximum atomic E-state index is 4.50. The van der Waals surface area contributed by atoms with E-state index in [9.17, 15) is 0 Å². The number of hydrogen-bond donors (Lipinski definition) is 0. The minimum atomic E-state index is 0.770. The van der Waals surface area contributed by atoms with Crippen LogP contribution in [0.3, 0.4) is 0 Å². The van der Waals surface area contributed by atoms with Crippen LogP contribution in [-0.4, -0.2) is 14.4 Å². The zero-order chi connectivity index (χ0) is 10.5. The second-order valence-corrected chi connectivity index (χ2v) is 4.61. The first-order chi connectivity index (χ1) is 7.93. The molecule has 0 spiro atoms. The number of aromatic nitrogens is 3. The topological polar surface area (TPSA) is 30.2 Å². The first kappa shape index (κ1) is 8.24. The Bertz CT molecular complexity index is 813. The molecule has 3 nitrogen and oxygen atoms in total. The second kappa shape index (κ2) is 2.80. The average Bonchev–Trinajstić information content (AvgIpc) is 2.91. The fourth-order valence-corrected chi connectivity index (χ4v) is 2.79. The van der Waals surface area contributed by atoms with Crippen LogP contribution in [0.1, 0.15) is 0 Å². The molecular weight excluding hydrogens is 218 g/mol. The standard InChI is InChI=1S/C12H7N3S/c1-2-4-9-8(3-1)14-12-13-7-11-10(15(9)12)5-6-16-11/h1-7H. The minimum absolute atomic E-state index is 0.770. The Balaban J connectivity index is 2.42. The predicted octanol–water partition coefficient (Wildman–Crippen LogP) is 3.10. The molecule has 0 atom stereocenters. The third kappa shape index (κ3) is 0.919. The maximum absolute atomic E-state index is 4.50. The van der Waals surface area contributed by atoms with E-state index < -0.39 is 0 Å². The Morgan fingerprint density at radius 1 is 1.06 bits per heavy atom. The molecule has 3 heterocycles. The SMILES string of the molecule is c1ccc2c(c1)nc1ncc3sccc3n12. The van der Waals surface area contributed by atoms with E-state index in [2.05, 4.69) is 31.9 Å². The van der Waals surface area contributed by atoms with Gasteiger partial charge in [0.1, 0.15) is 0 Å². The maximum Gasteiger partial charge on any atom is 0.235 e. The molecule has 4 aromatic rings. The van der Waals surface area contributed by atoms with Gasteiger partial charge in [0.15, 0.2) is 0 Å². The van der Waals surface area contributed by atoms with E-state index in [0.717, 1.165) is 16.8 Å². The Hall–Kier alpha value is -1.94. The van der Waals surface area contributed by atoms with Gasteiger partial charge in [0.05, 0.1) is 27.4 Å². The van der Waals surface area contributed by atoms with Crippen LogP contribution in [0.25, 0.3) is 27.0 Å². The highest BCUT2D eigenvalue weighted by Gasteiger charge is 2.08. The number of hydrogen-bond acceptors (Lipinski definition) is 3. The number of thiophene rings is 1. The lowest BCUT2D eigenvalue weighted by molar-refractivity contribution is 1.20. The zero-order valence-corrected chi connectivity index (χ0v) is 9.11. The molecule has 76 valence electrons. The molecule has 0 aliphatic carbocycles. The van der Waals surface area contributed by atoms with Crippen molar-refractivity contribution >= 4 is 38.4 Å². The summed E-state index contributed by atoms with van der Waals surface area (Å²) in [7, 11) is 0. The molecule has 0 amide bonds. The number of nitrogens with zero attached hydrogens (tertiary/aromatic N) is 3. The molecule has 16 heavy (non-hydrogen) atoms. The molecule has 4 heteroatoms. The van der Waals surface area contributed by atoms with Crippen LogP contribution in [0.15, 0.2) is 41.9 Å². The Kier molecular flexibility index (Phi) is 1.44. The molecule has 0 saturated carbocycles. The summed E-state index contributed by atoms with van der Waals surface area (Å²) in [6.45, 7) is 0. The molecule has 0 saturated heterocycles. The van der Waals surface area contributed by atoms with E-state index in [1.807, 2.05) is 24.4 Å². The van der Waals surface area contributed by atoms with Crippen molar-refractivity contribution in [2.24, 2.45) is 0 Å². The monoisotopic (exact) mass is 225 g/mol. The largest absolute Gasteiger partial charge is 0.275 e. The van der Waals surface area contributed by atoms with Crippen LogP contribution in [0.2, 0.25) is 0 Å². The zero-order valence-electron chi connectivity index (χ0n) is 8.29. The molecule has 0 aliphatic heterocycles. The predicted molar refractivity (Wildman–Crippen MR) is 65.9 cm³/mol. The molecule has 4 rings (SSSR count). The number of benzene rings is 1. The molecule has 0 bridgehead atoms. The normalized spacial score (nSPS) is 11.8. The molecule has 0 radical (unpaired) electrons. The van der Waals surface area contributed by atoms with E-state index in [1.165, 1.54) is 10.2 Å². The Labute approximate surface area is 95.0 Å². The van der Waals surface area contributed by atoms with Crippen molar-refractivity contribution < 1.29 is 0 Å². The summed E-state index contributed by atoms with van der Waals surface area (Å²) in [6.07, 6.45) is 1.89. The number of imidazole rings is 1. The summed E-state index contributed by atoms with van der Waals surface area (Å²) in [5.74, 6) is 0.770. The van der Waals surface area contributed by atoms with Gasteiger partial charge in [-0.2, -0.15) is 0 Å². The van der Waals surface area contributed by atoms with E-state index in [1.54, 1.807) is 11.3 Å².